The van der Waals surface area contributed by atoms with Gasteiger partial charge in [0.05, 0.1) is 7.11 Å². The van der Waals surface area contributed by atoms with Gasteiger partial charge in [-0.05, 0) is 55.5 Å². The fourth-order valence-corrected chi connectivity index (χ4v) is 2.92. The summed E-state index contributed by atoms with van der Waals surface area (Å²) in [5.74, 6) is 2.94. The maximum atomic E-state index is 12.2. The van der Waals surface area contributed by atoms with Crippen molar-refractivity contribution < 1.29 is 9.53 Å². The van der Waals surface area contributed by atoms with Crippen molar-refractivity contribution in [2.24, 2.45) is 0 Å². The van der Waals surface area contributed by atoms with Crippen LogP contribution in [0.1, 0.15) is 5.82 Å². The van der Waals surface area contributed by atoms with Crippen molar-refractivity contribution in [1.82, 2.24) is 19.5 Å². The van der Waals surface area contributed by atoms with E-state index >= 15 is 0 Å². The van der Waals surface area contributed by atoms with Crippen LogP contribution in [0.3, 0.4) is 0 Å². The second-order valence-corrected chi connectivity index (χ2v) is 6.62. The van der Waals surface area contributed by atoms with Gasteiger partial charge in [0, 0.05) is 35.5 Å². The van der Waals surface area contributed by atoms with Gasteiger partial charge >= 0.3 is 6.03 Å². The van der Waals surface area contributed by atoms with Crippen LogP contribution in [-0.2, 0) is 0 Å². The lowest BCUT2D eigenvalue weighted by atomic mass is 10.2. The van der Waals surface area contributed by atoms with Gasteiger partial charge in [-0.2, -0.15) is 0 Å². The molecule has 0 radical (unpaired) electrons. The van der Waals surface area contributed by atoms with Crippen LogP contribution in [0.15, 0.2) is 73.3 Å². The first kappa shape index (κ1) is 19.9. The van der Waals surface area contributed by atoms with Crippen molar-refractivity contribution in [1.29, 1.82) is 0 Å². The highest BCUT2D eigenvalue weighted by Crippen LogP contribution is 2.20. The first-order chi connectivity index (χ1) is 15.1. The average Bonchev–Trinajstić information content (AvgIpc) is 3.22. The monoisotopic (exact) mass is 415 g/mol. The number of benzene rings is 2. The minimum absolute atomic E-state index is 0.331. The highest BCUT2D eigenvalue weighted by Gasteiger charge is 2.06. The van der Waals surface area contributed by atoms with E-state index < -0.39 is 0 Å². The van der Waals surface area contributed by atoms with E-state index in [-0.39, 0.29) is 6.03 Å². The predicted molar refractivity (Wildman–Crippen MR) is 119 cm³/mol. The van der Waals surface area contributed by atoms with Crippen molar-refractivity contribution in [3.63, 3.8) is 0 Å². The van der Waals surface area contributed by atoms with Gasteiger partial charge in [0.25, 0.3) is 0 Å². The molecule has 0 aliphatic heterocycles. The molecule has 31 heavy (non-hydrogen) atoms. The van der Waals surface area contributed by atoms with Crippen LogP contribution in [0, 0.1) is 6.92 Å². The van der Waals surface area contributed by atoms with E-state index in [1.54, 1.807) is 49.7 Å². The van der Waals surface area contributed by atoms with E-state index in [1.807, 2.05) is 35.9 Å². The number of carbonyl (C=O) groups is 1. The number of imidazole rings is 1. The molecule has 0 atom stereocenters. The molecule has 4 rings (SSSR count). The number of nitrogens with zero attached hydrogens (tertiary/aromatic N) is 4. The van der Waals surface area contributed by atoms with Gasteiger partial charge in [-0.25, -0.2) is 19.7 Å². The summed E-state index contributed by atoms with van der Waals surface area (Å²) < 4.78 is 6.98. The van der Waals surface area contributed by atoms with E-state index in [4.69, 9.17) is 4.74 Å². The molecule has 4 aromatic rings. The number of aryl methyl sites for hydroxylation is 1. The molecular formula is C22H21N7O2. The maximum absolute atomic E-state index is 12.2. The normalized spacial score (nSPS) is 10.4. The molecule has 3 N–H and O–H groups in total. The molecule has 2 amide bonds. The van der Waals surface area contributed by atoms with E-state index in [9.17, 15) is 4.79 Å². The minimum atomic E-state index is -0.331. The topological polar surface area (TPSA) is 106 Å². The zero-order chi connectivity index (χ0) is 21.6. The lowest BCUT2D eigenvalue weighted by Gasteiger charge is -2.10. The van der Waals surface area contributed by atoms with Gasteiger partial charge in [-0.15, -0.1) is 0 Å². The number of hydrogen-bond acceptors (Lipinski definition) is 6. The number of amides is 2. The Hall–Kier alpha value is -4.40. The SMILES string of the molecule is COc1ccc(NC(=O)Nc2ccc(Nc3cc(-n4ccnc4C)ncn3)cc2)cc1. The maximum Gasteiger partial charge on any atom is 0.323 e. The number of hydrogen-bond donors (Lipinski definition) is 3. The largest absolute Gasteiger partial charge is 0.497 e. The van der Waals surface area contributed by atoms with Crippen LogP contribution in [0.2, 0.25) is 0 Å². The Morgan fingerprint density at radius 1 is 0.903 bits per heavy atom. The van der Waals surface area contributed by atoms with Crippen molar-refractivity contribution in [2.75, 3.05) is 23.1 Å². The standard InChI is InChI=1S/C22H21N7O2/c1-15-23-11-12-29(15)21-13-20(24-14-25-21)26-16-3-5-17(6-4-16)27-22(30)28-18-7-9-19(31-2)10-8-18/h3-14H,1-2H3,(H,24,25,26)(H2,27,28,30). The Morgan fingerprint density at radius 3 is 2.16 bits per heavy atom. The highest BCUT2D eigenvalue weighted by atomic mass is 16.5. The quantitative estimate of drug-likeness (QED) is 0.432. The van der Waals surface area contributed by atoms with Gasteiger partial charge in [-0.3, -0.25) is 4.57 Å². The first-order valence-electron chi connectivity index (χ1n) is 9.52. The summed E-state index contributed by atoms with van der Waals surface area (Å²) in [6.45, 7) is 1.91. The lowest BCUT2D eigenvalue weighted by molar-refractivity contribution is 0.262. The second-order valence-electron chi connectivity index (χ2n) is 6.62. The zero-order valence-corrected chi connectivity index (χ0v) is 17.0. The van der Waals surface area contributed by atoms with Crippen molar-refractivity contribution in [2.45, 2.75) is 6.92 Å². The smallest absolute Gasteiger partial charge is 0.323 e. The van der Waals surface area contributed by atoms with Crippen molar-refractivity contribution in [3.8, 4) is 11.6 Å². The predicted octanol–water partition coefficient (Wildman–Crippen LogP) is 4.37. The first-order valence-corrected chi connectivity index (χ1v) is 9.52. The molecule has 0 fully saturated rings. The number of anilines is 4. The number of methoxy groups -OCH3 is 1. The summed E-state index contributed by atoms with van der Waals surface area (Å²) in [5, 5.41) is 8.81. The average molecular weight is 415 g/mol. The molecule has 9 heteroatoms. The number of aromatic nitrogens is 4. The van der Waals surface area contributed by atoms with Gasteiger partial charge in [-0.1, -0.05) is 0 Å². The van der Waals surface area contributed by atoms with Gasteiger partial charge in [0.2, 0.25) is 0 Å². The molecule has 156 valence electrons. The Bertz CT molecular complexity index is 1170. The fraction of sp³-hybridized carbons (Fsp3) is 0.0909. The van der Waals surface area contributed by atoms with E-state index in [2.05, 4.69) is 30.9 Å². The molecule has 0 aliphatic carbocycles. The molecule has 0 aliphatic rings. The summed E-state index contributed by atoms with van der Waals surface area (Å²) in [7, 11) is 1.60. The summed E-state index contributed by atoms with van der Waals surface area (Å²) in [4.78, 5) is 25.0. The van der Waals surface area contributed by atoms with Crippen LogP contribution >= 0.6 is 0 Å². The molecule has 0 spiro atoms. The second kappa shape index (κ2) is 8.95. The van der Waals surface area contributed by atoms with Crippen LogP contribution < -0.4 is 20.7 Å². The van der Waals surface area contributed by atoms with Gasteiger partial charge in [0.1, 0.15) is 29.5 Å². The van der Waals surface area contributed by atoms with Crippen molar-refractivity contribution >= 4 is 28.9 Å². The Balaban J connectivity index is 1.37. The van der Waals surface area contributed by atoms with Crippen molar-refractivity contribution in [3.05, 3.63) is 79.1 Å². The van der Waals surface area contributed by atoms with Crippen LogP contribution in [0.5, 0.6) is 5.75 Å². The van der Waals surface area contributed by atoms with Gasteiger partial charge < -0.3 is 20.7 Å². The number of rotatable bonds is 6. The van der Waals surface area contributed by atoms with E-state index in [0.29, 0.717) is 17.2 Å². The molecular weight excluding hydrogens is 394 g/mol. The third kappa shape index (κ3) is 4.96. The number of carbonyl (C=O) groups excluding carboxylic acids is 1. The fourth-order valence-electron chi connectivity index (χ4n) is 2.92. The van der Waals surface area contributed by atoms with E-state index in [0.717, 1.165) is 23.1 Å². The molecule has 2 heterocycles. The van der Waals surface area contributed by atoms with E-state index in [1.165, 1.54) is 6.33 Å². The summed E-state index contributed by atoms with van der Waals surface area (Å²) in [5.41, 5.74) is 2.16. The van der Waals surface area contributed by atoms with Crippen LogP contribution in [0.25, 0.3) is 5.82 Å². The molecule has 0 bridgehead atoms. The highest BCUT2D eigenvalue weighted by molar-refractivity contribution is 5.99. The number of nitrogens with one attached hydrogen (secondary N) is 3. The Kier molecular flexibility index (Phi) is 5.75. The molecule has 2 aromatic carbocycles. The van der Waals surface area contributed by atoms with Crippen LogP contribution in [-0.4, -0.2) is 32.7 Å². The summed E-state index contributed by atoms with van der Waals surface area (Å²) in [6, 6.07) is 15.9. The molecule has 0 unspecified atom stereocenters. The number of ether oxygens (including phenoxy) is 1. The Labute approximate surface area is 179 Å². The van der Waals surface area contributed by atoms with Crippen LogP contribution in [0.4, 0.5) is 27.7 Å². The molecule has 0 saturated heterocycles. The Morgan fingerprint density at radius 2 is 1.55 bits per heavy atom. The third-order valence-corrected chi connectivity index (χ3v) is 4.49. The molecule has 9 nitrogen and oxygen atoms in total. The van der Waals surface area contributed by atoms with Gasteiger partial charge in [0.15, 0.2) is 0 Å². The molecule has 0 saturated carbocycles. The number of urea groups is 1. The molecule has 2 aromatic heterocycles. The summed E-state index contributed by atoms with van der Waals surface area (Å²) >= 11 is 0. The lowest BCUT2D eigenvalue weighted by Crippen LogP contribution is -2.19. The minimum Gasteiger partial charge on any atom is -0.497 e. The third-order valence-electron chi connectivity index (χ3n) is 4.49. The summed E-state index contributed by atoms with van der Waals surface area (Å²) in [6.07, 6.45) is 5.07. The zero-order valence-electron chi connectivity index (χ0n) is 17.0.